The maximum atomic E-state index is 12.3. The maximum absolute atomic E-state index is 12.3. The first-order chi connectivity index (χ1) is 17.9. The molecule has 3 rings (SSSR count). The molecule has 0 radical (unpaired) electrons. The van der Waals surface area contributed by atoms with Gasteiger partial charge in [-0.05, 0) is 50.3 Å². The first kappa shape index (κ1) is 29.1. The average Bonchev–Trinajstić information content (AvgIpc) is 2.85. The van der Waals surface area contributed by atoms with E-state index in [2.05, 4.69) is 9.80 Å². The van der Waals surface area contributed by atoms with Crippen LogP contribution in [0.1, 0.15) is 25.0 Å². The number of carbonyl (C=O) groups excluding carboxylic acids is 2. The third kappa shape index (κ3) is 7.78. The zero-order valence-electron chi connectivity index (χ0n) is 20.9. The first-order valence-electron chi connectivity index (χ1n) is 11.7. The van der Waals surface area contributed by atoms with Gasteiger partial charge in [-0.3, -0.25) is 39.6 Å². The van der Waals surface area contributed by atoms with Gasteiger partial charge in [-0.1, -0.05) is 23.2 Å². The van der Waals surface area contributed by atoms with E-state index in [1.807, 2.05) is 0 Å². The molecule has 0 amide bonds. The number of nitro benzene ring substituents is 2. The number of nitro groups is 2. The van der Waals surface area contributed by atoms with E-state index in [4.69, 9.17) is 23.2 Å². The molecule has 2 aromatic carbocycles. The number of benzene rings is 2. The van der Waals surface area contributed by atoms with Crippen molar-refractivity contribution in [2.75, 3.05) is 39.3 Å². The van der Waals surface area contributed by atoms with Crippen LogP contribution in [0.5, 0.6) is 0 Å². The third-order valence-corrected chi connectivity index (χ3v) is 6.67. The van der Waals surface area contributed by atoms with Crippen molar-refractivity contribution in [3.05, 3.63) is 88.9 Å². The van der Waals surface area contributed by atoms with E-state index in [9.17, 15) is 29.8 Å². The molecule has 0 spiro atoms. The molecule has 2 aromatic rings. The number of halogens is 2. The van der Waals surface area contributed by atoms with Gasteiger partial charge in [-0.2, -0.15) is 0 Å². The Balaban J connectivity index is 1.70. The standard InChI is InChI=1S/C26H26Cl2N4O6/c1-17(33)21(11-19-3-5-23(27)13-25(19)31(35)36)15-29-7-9-30(10-8-29)16-22(18(2)34)12-20-4-6-24(28)14-26(20)32(37)38/h3-6,11-14H,7-10,15-16H2,1-2H3/b21-11-,22-12-. The van der Waals surface area contributed by atoms with Crippen LogP contribution in [0.4, 0.5) is 11.4 Å². The second-order valence-corrected chi connectivity index (χ2v) is 9.80. The Labute approximate surface area is 229 Å². The number of rotatable bonds is 10. The lowest BCUT2D eigenvalue weighted by atomic mass is 10.0. The largest absolute Gasteiger partial charge is 0.296 e. The van der Waals surface area contributed by atoms with E-state index < -0.39 is 9.85 Å². The van der Waals surface area contributed by atoms with Gasteiger partial charge >= 0.3 is 0 Å². The van der Waals surface area contributed by atoms with Crippen LogP contribution < -0.4 is 0 Å². The van der Waals surface area contributed by atoms with Crippen molar-refractivity contribution < 1.29 is 19.4 Å². The summed E-state index contributed by atoms with van der Waals surface area (Å²) in [6.45, 7) is 5.86. The number of hydrogen-bond acceptors (Lipinski definition) is 8. The zero-order chi connectivity index (χ0) is 28.0. The number of carbonyl (C=O) groups is 2. The van der Waals surface area contributed by atoms with Crippen LogP contribution in [0.15, 0.2) is 47.5 Å². The smallest absolute Gasteiger partial charge is 0.278 e. The minimum absolute atomic E-state index is 0.175. The van der Waals surface area contributed by atoms with Gasteiger partial charge < -0.3 is 0 Å². The minimum atomic E-state index is -0.535. The summed E-state index contributed by atoms with van der Waals surface area (Å²) in [5, 5.41) is 23.3. The Hall–Kier alpha value is -3.44. The SMILES string of the molecule is CC(=O)/C(=C\c1ccc(Cl)cc1[N+](=O)[O-])CN1CCN(C/C(=C/c2ccc(Cl)cc2[N+](=O)[O-])C(C)=O)CC1. The molecular formula is C26H26Cl2N4O6. The van der Waals surface area contributed by atoms with Crippen LogP contribution in [-0.4, -0.2) is 70.5 Å². The lowest BCUT2D eigenvalue weighted by Crippen LogP contribution is -2.47. The predicted molar refractivity (Wildman–Crippen MR) is 146 cm³/mol. The van der Waals surface area contributed by atoms with Crippen molar-refractivity contribution in [3.63, 3.8) is 0 Å². The van der Waals surface area contributed by atoms with E-state index in [1.165, 1.54) is 62.4 Å². The van der Waals surface area contributed by atoms with Crippen LogP contribution in [-0.2, 0) is 9.59 Å². The maximum Gasteiger partial charge on any atom is 0.278 e. The molecule has 10 nitrogen and oxygen atoms in total. The van der Waals surface area contributed by atoms with Crippen molar-refractivity contribution in [1.29, 1.82) is 0 Å². The molecule has 200 valence electrons. The van der Waals surface area contributed by atoms with Crippen molar-refractivity contribution >= 4 is 58.3 Å². The highest BCUT2D eigenvalue weighted by Crippen LogP contribution is 2.27. The summed E-state index contributed by atoms with van der Waals surface area (Å²) < 4.78 is 0. The Bertz CT molecular complexity index is 1230. The summed E-state index contributed by atoms with van der Waals surface area (Å²) >= 11 is 11.8. The fourth-order valence-corrected chi connectivity index (χ4v) is 4.41. The molecule has 0 aromatic heterocycles. The van der Waals surface area contributed by atoms with Gasteiger partial charge in [0, 0.05) is 72.6 Å². The van der Waals surface area contributed by atoms with E-state index in [0.717, 1.165) is 0 Å². The van der Waals surface area contributed by atoms with Crippen LogP contribution in [0, 0.1) is 20.2 Å². The zero-order valence-corrected chi connectivity index (χ0v) is 22.4. The van der Waals surface area contributed by atoms with E-state index in [0.29, 0.717) is 61.5 Å². The second-order valence-electron chi connectivity index (χ2n) is 8.92. The molecular weight excluding hydrogens is 535 g/mol. The van der Waals surface area contributed by atoms with Crippen molar-refractivity contribution in [3.8, 4) is 0 Å². The molecule has 38 heavy (non-hydrogen) atoms. The Morgan fingerprint density at radius 3 is 1.39 bits per heavy atom. The van der Waals surface area contributed by atoms with E-state index in [1.54, 1.807) is 0 Å². The third-order valence-electron chi connectivity index (χ3n) is 6.20. The first-order valence-corrected chi connectivity index (χ1v) is 12.5. The number of hydrogen-bond donors (Lipinski definition) is 0. The molecule has 0 aliphatic carbocycles. The molecule has 1 fully saturated rings. The van der Waals surface area contributed by atoms with Crippen LogP contribution in [0.2, 0.25) is 10.0 Å². The number of Topliss-reactive ketones (excluding diaryl/α,β-unsaturated/α-hetero) is 2. The Morgan fingerprint density at radius 1 is 0.763 bits per heavy atom. The van der Waals surface area contributed by atoms with E-state index >= 15 is 0 Å². The van der Waals surface area contributed by atoms with Gasteiger partial charge in [0.2, 0.25) is 0 Å². The lowest BCUT2D eigenvalue weighted by molar-refractivity contribution is -0.385. The quantitative estimate of drug-likeness (QED) is 0.224. The van der Waals surface area contributed by atoms with Gasteiger partial charge in [0.05, 0.1) is 21.0 Å². The van der Waals surface area contributed by atoms with Gasteiger partial charge in [0.15, 0.2) is 11.6 Å². The van der Waals surface area contributed by atoms with Crippen LogP contribution in [0.25, 0.3) is 12.2 Å². The molecule has 1 aliphatic rings. The van der Waals surface area contributed by atoms with Crippen molar-refractivity contribution in [2.45, 2.75) is 13.8 Å². The fourth-order valence-electron chi connectivity index (χ4n) is 4.07. The van der Waals surface area contributed by atoms with E-state index in [-0.39, 0.29) is 33.0 Å². The highest BCUT2D eigenvalue weighted by Gasteiger charge is 2.22. The fraction of sp³-hybridized carbons (Fsp3) is 0.308. The van der Waals surface area contributed by atoms with Crippen molar-refractivity contribution in [2.24, 2.45) is 0 Å². The summed E-state index contributed by atoms with van der Waals surface area (Å²) in [6, 6.07) is 8.61. The molecule has 0 unspecified atom stereocenters. The highest BCUT2D eigenvalue weighted by molar-refractivity contribution is 6.31. The molecule has 1 heterocycles. The van der Waals surface area contributed by atoms with Gasteiger partial charge in [0.25, 0.3) is 11.4 Å². The molecule has 12 heteroatoms. The normalized spacial score (nSPS) is 15.4. The Morgan fingerprint density at radius 2 is 1.11 bits per heavy atom. The second kappa shape index (κ2) is 12.9. The average molecular weight is 561 g/mol. The highest BCUT2D eigenvalue weighted by atomic mass is 35.5. The molecule has 0 atom stereocenters. The molecule has 1 aliphatic heterocycles. The van der Waals surface area contributed by atoms with Crippen LogP contribution >= 0.6 is 23.2 Å². The summed E-state index contributed by atoms with van der Waals surface area (Å²) in [4.78, 5) is 50.5. The number of piperazine rings is 1. The number of ketones is 2. The molecule has 0 N–H and O–H groups in total. The predicted octanol–water partition coefficient (Wildman–Crippen LogP) is 5.07. The monoisotopic (exact) mass is 560 g/mol. The topological polar surface area (TPSA) is 127 Å². The van der Waals surface area contributed by atoms with Crippen LogP contribution in [0.3, 0.4) is 0 Å². The molecule has 0 bridgehead atoms. The Kier molecular flexibility index (Phi) is 9.87. The van der Waals surface area contributed by atoms with Gasteiger partial charge in [-0.15, -0.1) is 0 Å². The minimum Gasteiger partial charge on any atom is -0.296 e. The molecule has 1 saturated heterocycles. The summed E-state index contributed by atoms with van der Waals surface area (Å²) in [7, 11) is 0. The van der Waals surface area contributed by atoms with Gasteiger partial charge in [-0.25, -0.2) is 0 Å². The van der Waals surface area contributed by atoms with Gasteiger partial charge in [0.1, 0.15) is 0 Å². The summed E-state index contributed by atoms with van der Waals surface area (Å²) in [6.07, 6.45) is 3.05. The number of nitrogens with zero attached hydrogens (tertiary/aromatic N) is 4. The molecule has 0 saturated carbocycles. The lowest BCUT2D eigenvalue weighted by Gasteiger charge is -2.35. The van der Waals surface area contributed by atoms with Crippen molar-refractivity contribution in [1.82, 2.24) is 9.80 Å². The summed E-state index contributed by atoms with van der Waals surface area (Å²) in [5.74, 6) is -0.383. The summed E-state index contributed by atoms with van der Waals surface area (Å²) in [5.41, 5.74) is 1.12.